The summed E-state index contributed by atoms with van der Waals surface area (Å²) in [6.07, 6.45) is 0.290. The number of carbonyl (C=O) groups is 2. The monoisotopic (exact) mass is 370 g/mol. The van der Waals surface area contributed by atoms with E-state index < -0.39 is 27.9 Å². The molecule has 1 atom stereocenters. The maximum Gasteiger partial charge on any atom is 0.326 e. The molecule has 0 unspecified atom stereocenters. The molecule has 1 aromatic rings. The molecular formula is C17H26N2O5S. The first-order valence-corrected chi connectivity index (χ1v) is 9.71. The fourth-order valence-electron chi connectivity index (χ4n) is 2.44. The molecule has 0 aliphatic heterocycles. The standard InChI is InChI=1S/C17H26N2O5S/c1-5-19(6-2)25(23,24)14-9-7-8-13(11-14)16(20)18-15(17(21)22)10-12(3)4/h7-9,11-12,15H,5-6,10H2,1-4H3,(H,18,20)(H,21,22)/t15-/m1/s1. The molecule has 0 saturated carbocycles. The Morgan fingerprint density at radius 3 is 2.28 bits per heavy atom. The summed E-state index contributed by atoms with van der Waals surface area (Å²) in [4.78, 5) is 23.6. The van der Waals surface area contributed by atoms with Crippen molar-refractivity contribution in [3.05, 3.63) is 29.8 Å². The van der Waals surface area contributed by atoms with Gasteiger partial charge >= 0.3 is 5.97 Å². The lowest BCUT2D eigenvalue weighted by Gasteiger charge is -2.19. The molecular weight excluding hydrogens is 344 g/mol. The van der Waals surface area contributed by atoms with Gasteiger partial charge in [0.2, 0.25) is 10.0 Å². The first-order chi connectivity index (χ1) is 11.6. The van der Waals surface area contributed by atoms with Crippen molar-refractivity contribution in [3.63, 3.8) is 0 Å². The van der Waals surface area contributed by atoms with Crippen molar-refractivity contribution in [1.82, 2.24) is 9.62 Å². The van der Waals surface area contributed by atoms with Gasteiger partial charge in [-0.25, -0.2) is 13.2 Å². The maximum absolute atomic E-state index is 12.5. The van der Waals surface area contributed by atoms with E-state index in [0.717, 1.165) is 0 Å². The Bertz CT molecular complexity index is 712. The molecule has 0 aromatic heterocycles. The fourth-order valence-corrected chi connectivity index (χ4v) is 3.95. The molecule has 1 rings (SSSR count). The number of amides is 1. The highest BCUT2D eigenvalue weighted by Crippen LogP contribution is 2.17. The number of hydrogen-bond donors (Lipinski definition) is 2. The molecule has 0 aliphatic rings. The van der Waals surface area contributed by atoms with Gasteiger partial charge < -0.3 is 10.4 Å². The summed E-state index contributed by atoms with van der Waals surface area (Å²) in [5.41, 5.74) is 0.114. The van der Waals surface area contributed by atoms with Gasteiger partial charge in [-0.3, -0.25) is 4.79 Å². The number of benzene rings is 1. The van der Waals surface area contributed by atoms with E-state index in [0.29, 0.717) is 19.5 Å². The Morgan fingerprint density at radius 2 is 1.80 bits per heavy atom. The normalized spacial score (nSPS) is 13.0. The largest absolute Gasteiger partial charge is 0.480 e. The summed E-state index contributed by atoms with van der Waals surface area (Å²) in [5.74, 6) is -1.63. The minimum absolute atomic E-state index is 0.0135. The SMILES string of the molecule is CCN(CC)S(=O)(=O)c1cccc(C(=O)N[C@H](CC(C)C)C(=O)O)c1. The second-order valence-electron chi connectivity index (χ2n) is 6.11. The lowest BCUT2D eigenvalue weighted by Crippen LogP contribution is -2.41. The molecule has 0 bridgehead atoms. The summed E-state index contributed by atoms with van der Waals surface area (Å²) >= 11 is 0. The number of carboxylic acids is 1. The molecule has 0 fully saturated rings. The number of rotatable bonds is 9. The summed E-state index contributed by atoms with van der Waals surface area (Å²) in [5, 5.41) is 11.7. The third kappa shape index (κ3) is 5.54. The first kappa shape index (κ1) is 21.1. The van der Waals surface area contributed by atoms with Gasteiger partial charge in [-0.2, -0.15) is 4.31 Å². The lowest BCUT2D eigenvalue weighted by molar-refractivity contribution is -0.139. The minimum Gasteiger partial charge on any atom is -0.480 e. The number of hydrogen-bond acceptors (Lipinski definition) is 4. The van der Waals surface area contributed by atoms with Gasteiger partial charge in [0.25, 0.3) is 5.91 Å². The van der Waals surface area contributed by atoms with E-state index >= 15 is 0 Å². The third-order valence-corrected chi connectivity index (χ3v) is 5.80. The summed E-state index contributed by atoms with van der Waals surface area (Å²) in [6.45, 7) is 7.84. The molecule has 2 N–H and O–H groups in total. The highest BCUT2D eigenvalue weighted by atomic mass is 32.2. The van der Waals surface area contributed by atoms with Gasteiger partial charge in [0.05, 0.1) is 4.90 Å². The number of nitrogens with one attached hydrogen (secondary N) is 1. The Morgan fingerprint density at radius 1 is 1.20 bits per heavy atom. The van der Waals surface area contributed by atoms with E-state index in [2.05, 4.69) is 5.32 Å². The van der Waals surface area contributed by atoms with Crippen LogP contribution >= 0.6 is 0 Å². The van der Waals surface area contributed by atoms with Crippen molar-refractivity contribution in [3.8, 4) is 0 Å². The van der Waals surface area contributed by atoms with Crippen LogP contribution in [0.5, 0.6) is 0 Å². The van der Waals surface area contributed by atoms with Crippen LogP contribution in [0.25, 0.3) is 0 Å². The van der Waals surface area contributed by atoms with E-state index in [1.165, 1.54) is 28.6 Å². The quantitative estimate of drug-likeness (QED) is 0.691. The van der Waals surface area contributed by atoms with Crippen LogP contribution in [0.4, 0.5) is 0 Å². The predicted molar refractivity (Wildman–Crippen MR) is 94.9 cm³/mol. The van der Waals surface area contributed by atoms with Crippen LogP contribution in [-0.2, 0) is 14.8 Å². The van der Waals surface area contributed by atoms with Gasteiger partial charge in [0.15, 0.2) is 0 Å². The molecule has 8 heteroatoms. The maximum atomic E-state index is 12.5. The first-order valence-electron chi connectivity index (χ1n) is 8.27. The fraction of sp³-hybridized carbons (Fsp3) is 0.529. The Hall–Kier alpha value is -1.93. The zero-order chi connectivity index (χ0) is 19.2. The van der Waals surface area contributed by atoms with Crippen molar-refractivity contribution in [2.45, 2.75) is 45.1 Å². The summed E-state index contributed by atoms with van der Waals surface area (Å²) < 4.78 is 26.4. The lowest BCUT2D eigenvalue weighted by atomic mass is 10.0. The van der Waals surface area contributed by atoms with Crippen LogP contribution in [-0.4, -0.2) is 48.8 Å². The third-order valence-electron chi connectivity index (χ3n) is 3.75. The highest BCUT2D eigenvalue weighted by Gasteiger charge is 2.25. The van der Waals surface area contributed by atoms with Crippen LogP contribution in [0.1, 0.15) is 44.5 Å². The van der Waals surface area contributed by atoms with E-state index in [4.69, 9.17) is 0 Å². The van der Waals surface area contributed by atoms with Gasteiger partial charge in [0, 0.05) is 18.7 Å². The average Bonchev–Trinajstić information content (AvgIpc) is 2.54. The van der Waals surface area contributed by atoms with Crippen LogP contribution in [0.3, 0.4) is 0 Å². The van der Waals surface area contributed by atoms with E-state index in [9.17, 15) is 23.1 Å². The van der Waals surface area contributed by atoms with Crippen LogP contribution in [0.2, 0.25) is 0 Å². The van der Waals surface area contributed by atoms with Crippen molar-refractivity contribution >= 4 is 21.9 Å². The molecule has 7 nitrogen and oxygen atoms in total. The van der Waals surface area contributed by atoms with E-state index in [1.54, 1.807) is 13.8 Å². The molecule has 25 heavy (non-hydrogen) atoms. The Balaban J connectivity index is 3.08. The van der Waals surface area contributed by atoms with E-state index in [1.807, 2.05) is 13.8 Å². The van der Waals surface area contributed by atoms with Gasteiger partial charge in [-0.15, -0.1) is 0 Å². The Labute approximate surface area is 149 Å². The minimum atomic E-state index is -3.68. The summed E-state index contributed by atoms with van der Waals surface area (Å²) in [7, 11) is -3.68. The molecule has 0 saturated heterocycles. The molecule has 0 radical (unpaired) electrons. The second kappa shape index (κ2) is 8.96. The molecule has 0 aliphatic carbocycles. The number of aliphatic carboxylic acids is 1. The smallest absolute Gasteiger partial charge is 0.326 e. The van der Waals surface area contributed by atoms with Gasteiger partial charge in [0.1, 0.15) is 6.04 Å². The molecule has 1 amide bonds. The highest BCUT2D eigenvalue weighted by molar-refractivity contribution is 7.89. The second-order valence-corrected chi connectivity index (χ2v) is 8.05. The van der Waals surface area contributed by atoms with Crippen LogP contribution < -0.4 is 5.32 Å². The topological polar surface area (TPSA) is 104 Å². The molecule has 140 valence electrons. The van der Waals surface area contributed by atoms with Crippen molar-refractivity contribution < 1.29 is 23.1 Å². The zero-order valence-corrected chi connectivity index (χ0v) is 15.8. The van der Waals surface area contributed by atoms with E-state index in [-0.39, 0.29) is 16.4 Å². The zero-order valence-electron chi connectivity index (χ0n) is 15.0. The number of carboxylic acid groups (broad SMARTS) is 1. The van der Waals surface area contributed by atoms with Crippen molar-refractivity contribution in [1.29, 1.82) is 0 Å². The summed E-state index contributed by atoms with van der Waals surface area (Å²) in [6, 6.07) is 4.62. The molecule has 1 aromatic carbocycles. The average molecular weight is 370 g/mol. The van der Waals surface area contributed by atoms with Crippen LogP contribution in [0, 0.1) is 5.92 Å². The van der Waals surface area contributed by atoms with Gasteiger partial charge in [-0.05, 0) is 30.5 Å². The van der Waals surface area contributed by atoms with Crippen molar-refractivity contribution in [2.24, 2.45) is 5.92 Å². The number of carbonyl (C=O) groups excluding carboxylic acids is 1. The van der Waals surface area contributed by atoms with Crippen LogP contribution in [0.15, 0.2) is 29.2 Å². The van der Waals surface area contributed by atoms with Crippen molar-refractivity contribution in [2.75, 3.05) is 13.1 Å². The number of sulfonamides is 1. The predicted octanol–water partition coefficient (Wildman–Crippen LogP) is 1.95. The molecule has 0 spiro atoms. The molecule has 0 heterocycles. The number of nitrogens with zero attached hydrogens (tertiary/aromatic N) is 1. The van der Waals surface area contributed by atoms with Gasteiger partial charge in [-0.1, -0.05) is 33.8 Å². The Kier molecular flexibility index (Phi) is 7.57.